The van der Waals surface area contributed by atoms with Gasteiger partial charge in [0.2, 0.25) is 0 Å². The van der Waals surface area contributed by atoms with Gasteiger partial charge in [-0.2, -0.15) is 0 Å². The number of ether oxygens (including phenoxy) is 2. The number of carbonyl (C=O) groups is 2. The van der Waals surface area contributed by atoms with Crippen molar-refractivity contribution in [2.24, 2.45) is 46.3 Å². The summed E-state index contributed by atoms with van der Waals surface area (Å²) in [4.78, 5) is 22.5. The molecule has 0 aromatic carbocycles. The van der Waals surface area contributed by atoms with Crippen molar-refractivity contribution in [1.29, 1.82) is 0 Å². The van der Waals surface area contributed by atoms with E-state index in [1.54, 1.807) is 0 Å². The van der Waals surface area contributed by atoms with Crippen molar-refractivity contribution in [2.45, 2.75) is 128 Å². The first kappa shape index (κ1) is 37.2. The molecule has 1 heterocycles. The first-order valence-corrected chi connectivity index (χ1v) is 15.2. The Morgan fingerprint density at radius 3 is 2.26 bits per heavy atom. The van der Waals surface area contributed by atoms with E-state index in [-0.39, 0.29) is 88.4 Å². The van der Waals surface area contributed by atoms with E-state index in [2.05, 4.69) is 20.8 Å². The van der Waals surface area contributed by atoms with E-state index >= 15 is 0 Å². The number of carbonyl (C=O) groups excluding carboxylic acids is 2. The molecular formula is C30H46Na2O10. The number of aliphatic hydroxyl groups excluding tert-OH is 4. The van der Waals surface area contributed by atoms with E-state index in [1.165, 1.54) is 0 Å². The molecule has 1 aliphatic heterocycles. The molecule has 0 amide bonds. The van der Waals surface area contributed by atoms with Crippen LogP contribution in [-0.4, -0.2) is 75.3 Å². The molecule has 10 nitrogen and oxygen atoms in total. The van der Waals surface area contributed by atoms with E-state index in [9.17, 15) is 40.2 Å². The SMILES string of the molecule is C[C@H](CCC(=O)[O-])[C@H]1CC[C@H]2C3CC[C@@H]4C[C@H](O[C@@H]5O[C@H](C(=O)[O-])[C@@H](O)[C@H](O)[C@H]5O)CC[C@]4(C)C3C[C@H](O)[C@]12C.[Na+].[Na+]. The Balaban J connectivity index is 0.00000242. The maximum Gasteiger partial charge on any atom is 1.00 e. The summed E-state index contributed by atoms with van der Waals surface area (Å²) in [6.45, 7) is 6.71. The van der Waals surface area contributed by atoms with Gasteiger partial charge in [-0.25, -0.2) is 0 Å². The van der Waals surface area contributed by atoms with Crippen molar-refractivity contribution in [3.05, 3.63) is 0 Å². The molecule has 2 unspecified atom stereocenters. The number of rotatable bonds is 7. The number of hydrogen-bond donors (Lipinski definition) is 4. The van der Waals surface area contributed by atoms with Gasteiger partial charge in [-0.05, 0) is 111 Å². The molecule has 4 aliphatic carbocycles. The molecule has 15 atom stereocenters. The number of carboxylic acid groups (broad SMARTS) is 2. The fourth-order valence-electron chi connectivity index (χ4n) is 10.2. The molecule has 42 heavy (non-hydrogen) atoms. The molecule has 5 rings (SSSR count). The molecule has 0 bridgehead atoms. The third-order valence-corrected chi connectivity index (χ3v) is 12.4. The summed E-state index contributed by atoms with van der Waals surface area (Å²) in [5.74, 6) is -0.566. The minimum atomic E-state index is -1.81. The molecule has 4 N–H and O–H groups in total. The summed E-state index contributed by atoms with van der Waals surface area (Å²) < 4.78 is 11.3. The standard InChI is InChI=1S/C30H48O10.2Na/c1-14(4-9-22(32)33)18-7-8-19-17-6-5-15-12-16(10-11-29(15,2)20(17)13-21(31)30(18,19)3)39-28-25(36)23(34)24(35)26(40-28)27(37)38;;/h14-21,23-26,28,31,34-36H,4-13H2,1-3H3,(H,32,33)(H,37,38);;/q;2*+1/p-2/t14-,15-,16-,17?,18-,19+,20?,21+,23+,24+,25-,26+,28-,29+,30-;;/m1../s1. The van der Waals surface area contributed by atoms with Crippen molar-refractivity contribution in [3.8, 4) is 0 Å². The van der Waals surface area contributed by atoms with Crippen LogP contribution in [0.2, 0.25) is 0 Å². The Labute approximate surface area is 292 Å². The molecule has 0 aromatic rings. The fourth-order valence-corrected chi connectivity index (χ4v) is 10.2. The molecule has 5 fully saturated rings. The van der Waals surface area contributed by atoms with Crippen LogP contribution in [0.3, 0.4) is 0 Å². The number of aliphatic carboxylic acids is 2. The molecule has 0 spiro atoms. The predicted octanol–water partition coefficient (Wildman–Crippen LogP) is -6.27. The third kappa shape index (κ3) is 6.45. The van der Waals surface area contributed by atoms with Crippen LogP contribution in [0.15, 0.2) is 0 Å². The van der Waals surface area contributed by atoms with Gasteiger partial charge in [0, 0.05) is 5.97 Å². The molecule has 12 heteroatoms. The van der Waals surface area contributed by atoms with Crippen LogP contribution in [0.5, 0.6) is 0 Å². The zero-order chi connectivity index (χ0) is 29.1. The number of carboxylic acids is 2. The largest absolute Gasteiger partial charge is 1.00 e. The van der Waals surface area contributed by atoms with Crippen LogP contribution in [0.1, 0.15) is 85.0 Å². The zero-order valence-corrected chi connectivity index (χ0v) is 29.8. The maximum atomic E-state index is 11.7. The van der Waals surface area contributed by atoms with Gasteiger partial charge in [-0.15, -0.1) is 0 Å². The fraction of sp³-hybridized carbons (Fsp3) is 0.933. The maximum absolute atomic E-state index is 11.7. The second-order valence-electron chi connectivity index (χ2n) is 14.1. The van der Waals surface area contributed by atoms with Crippen LogP contribution in [0.4, 0.5) is 0 Å². The summed E-state index contributed by atoms with van der Waals surface area (Å²) in [6, 6.07) is 0. The van der Waals surface area contributed by atoms with Crippen molar-refractivity contribution >= 4 is 11.9 Å². The molecule has 4 saturated carbocycles. The minimum Gasteiger partial charge on any atom is -0.550 e. The van der Waals surface area contributed by atoms with Gasteiger partial charge in [0.25, 0.3) is 0 Å². The van der Waals surface area contributed by atoms with E-state index in [0.717, 1.165) is 38.5 Å². The van der Waals surface area contributed by atoms with Gasteiger partial charge in [0.05, 0.1) is 18.2 Å². The Morgan fingerprint density at radius 1 is 0.929 bits per heavy atom. The van der Waals surface area contributed by atoms with Gasteiger partial charge in [0.1, 0.15) is 24.4 Å². The average molecular weight is 613 g/mol. The molecule has 1 saturated heterocycles. The number of aliphatic hydroxyl groups is 4. The van der Waals surface area contributed by atoms with Crippen molar-refractivity contribution in [2.75, 3.05) is 0 Å². The summed E-state index contributed by atoms with van der Waals surface area (Å²) in [6.07, 6.45) is -1.22. The average Bonchev–Trinajstić information content (AvgIpc) is 3.27. The Bertz CT molecular complexity index is 970. The molecule has 0 radical (unpaired) electrons. The van der Waals surface area contributed by atoms with Gasteiger partial charge in [-0.1, -0.05) is 20.8 Å². The minimum absolute atomic E-state index is 0. The number of fused-ring (bicyclic) bond motifs is 5. The number of hydrogen-bond acceptors (Lipinski definition) is 10. The second kappa shape index (κ2) is 14.2. The van der Waals surface area contributed by atoms with Crippen LogP contribution < -0.4 is 69.3 Å². The molecule has 0 aromatic heterocycles. The van der Waals surface area contributed by atoms with Crippen molar-refractivity contribution in [1.82, 2.24) is 0 Å². The van der Waals surface area contributed by atoms with Crippen LogP contribution in [0.25, 0.3) is 0 Å². The van der Waals surface area contributed by atoms with E-state index in [1.807, 2.05) is 0 Å². The molecule has 5 aliphatic rings. The summed E-state index contributed by atoms with van der Waals surface area (Å²) in [5.41, 5.74) is -0.204. The molecule has 228 valence electrons. The Morgan fingerprint density at radius 2 is 1.62 bits per heavy atom. The molecular weight excluding hydrogens is 566 g/mol. The van der Waals surface area contributed by atoms with Gasteiger partial charge >= 0.3 is 59.1 Å². The first-order valence-electron chi connectivity index (χ1n) is 15.2. The van der Waals surface area contributed by atoms with Crippen LogP contribution >= 0.6 is 0 Å². The van der Waals surface area contributed by atoms with Crippen molar-refractivity contribution < 1.29 is 109 Å². The Kier molecular flexibility index (Phi) is 12.6. The monoisotopic (exact) mass is 612 g/mol. The summed E-state index contributed by atoms with van der Waals surface area (Å²) >= 11 is 0. The topological polar surface area (TPSA) is 180 Å². The third-order valence-electron chi connectivity index (χ3n) is 12.4. The van der Waals surface area contributed by atoms with E-state index < -0.39 is 48.7 Å². The first-order chi connectivity index (χ1) is 18.8. The summed E-state index contributed by atoms with van der Waals surface area (Å²) in [7, 11) is 0. The predicted molar refractivity (Wildman–Crippen MR) is 137 cm³/mol. The zero-order valence-electron chi connectivity index (χ0n) is 25.8. The van der Waals surface area contributed by atoms with Crippen LogP contribution in [-0.2, 0) is 19.1 Å². The smallest absolute Gasteiger partial charge is 0.550 e. The summed E-state index contributed by atoms with van der Waals surface area (Å²) in [5, 5.41) is 64.6. The quantitative estimate of drug-likeness (QED) is 0.160. The van der Waals surface area contributed by atoms with E-state index in [0.29, 0.717) is 48.9 Å². The Hall–Kier alpha value is 0.700. The van der Waals surface area contributed by atoms with Crippen LogP contribution in [0, 0.1) is 46.3 Å². The van der Waals surface area contributed by atoms with Gasteiger partial charge < -0.3 is 49.7 Å². The van der Waals surface area contributed by atoms with Gasteiger partial charge in [0.15, 0.2) is 6.29 Å². The van der Waals surface area contributed by atoms with Gasteiger partial charge in [-0.3, -0.25) is 0 Å². The van der Waals surface area contributed by atoms with Crippen molar-refractivity contribution in [3.63, 3.8) is 0 Å². The van der Waals surface area contributed by atoms with E-state index in [4.69, 9.17) is 9.47 Å². The second-order valence-corrected chi connectivity index (χ2v) is 14.1. The normalized spacial score (nSPS) is 48.8.